The van der Waals surface area contributed by atoms with E-state index in [2.05, 4.69) is 5.32 Å². The van der Waals surface area contributed by atoms with Crippen LogP contribution in [0.1, 0.15) is 45.4 Å². The number of nitrogens with two attached hydrogens (primary N) is 1. The average Bonchev–Trinajstić information content (AvgIpc) is 2.62. The minimum Gasteiger partial charge on any atom is -0.368 e. The highest BCUT2D eigenvalue weighted by atomic mass is 16.1. The summed E-state index contributed by atoms with van der Waals surface area (Å²) in [5, 5.41) is 3.37. The van der Waals surface area contributed by atoms with E-state index in [1.54, 1.807) is 0 Å². The SMILES string of the molecule is CC(NC1CCC12CCCC2)C(N)=O. The Hall–Kier alpha value is -0.570. The molecule has 0 aromatic rings. The van der Waals surface area contributed by atoms with E-state index in [0.717, 1.165) is 0 Å². The number of hydrogen-bond donors (Lipinski definition) is 2. The van der Waals surface area contributed by atoms with Crippen molar-refractivity contribution in [1.29, 1.82) is 0 Å². The fourth-order valence-electron chi connectivity index (χ4n) is 3.02. The normalized spacial score (nSPS) is 31.4. The lowest BCUT2D eigenvalue weighted by Gasteiger charge is -2.48. The highest BCUT2D eigenvalue weighted by molar-refractivity contribution is 5.79. The van der Waals surface area contributed by atoms with Crippen molar-refractivity contribution < 1.29 is 4.79 Å². The van der Waals surface area contributed by atoms with Crippen LogP contribution in [0.15, 0.2) is 0 Å². The van der Waals surface area contributed by atoms with Gasteiger partial charge in [0.05, 0.1) is 6.04 Å². The minimum absolute atomic E-state index is 0.169. The standard InChI is InChI=1S/C11H20N2O/c1-8(10(12)14)13-9-4-7-11(9)5-2-3-6-11/h8-9,13H,2-7H2,1H3,(H2,12,14). The number of amides is 1. The molecular weight excluding hydrogens is 176 g/mol. The topological polar surface area (TPSA) is 55.1 Å². The van der Waals surface area contributed by atoms with Crippen molar-refractivity contribution in [2.45, 2.75) is 57.5 Å². The van der Waals surface area contributed by atoms with E-state index in [1.165, 1.54) is 38.5 Å². The zero-order valence-electron chi connectivity index (χ0n) is 8.88. The lowest BCUT2D eigenvalue weighted by Crippen LogP contribution is -2.57. The molecule has 0 bridgehead atoms. The molecule has 14 heavy (non-hydrogen) atoms. The fourth-order valence-corrected chi connectivity index (χ4v) is 3.02. The molecule has 0 saturated heterocycles. The molecule has 3 N–H and O–H groups in total. The van der Waals surface area contributed by atoms with Crippen LogP contribution in [0.4, 0.5) is 0 Å². The second-order valence-electron chi connectivity index (χ2n) is 4.95. The molecule has 1 spiro atoms. The Labute approximate surface area is 85.4 Å². The van der Waals surface area contributed by atoms with Crippen LogP contribution in [0.5, 0.6) is 0 Å². The van der Waals surface area contributed by atoms with Crippen LogP contribution in [0.25, 0.3) is 0 Å². The van der Waals surface area contributed by atoms with Gasteiger partial charge < -0.3 is 11.1 Å². The first-order chi connectivity index (χ1) is 6.64. The maximum absolute atomic E-state index is 10.9. The van der Waals surface area contributed by atoms with Crippen molar-refractivity contribution in [3.05, 3.63) is 0 Å². The zero-order chi connectivity index (χ0) is 10.2. The summed E-state index contributed by atoms with van der Waals surface area (Å²) in [4.78, 5) is 10.9. The zero-order valence-corrected chi connectivity index (χ0v) is 8.88. The molecule has 80 valence electrons. The molecule has 2 unspecified atom stereocenters. The van der Waals surface area contributed by atoms with Gasteiger partial charge in [-0.2, -0.15) is 0 Å². The fraction of sp³-hybridized carbons (Fsp3) is 0.909. The molecule has 1 amide bonds. The van der Waals surface area contributed by atoms with Gasteiger partial charge in [-0.05, 0) is 38.0 Å². The molecule has 2 rings (SSSR count). The Kier molecular flexibility index (Phi) is 2.52. The second kappa shape index (κ2) is 3.54. The largest absolute Gasteiger partial charge is 0.368 e. The van der Waals surface area contributed by atoms with E-state index in [4.69, 9.17) is 5.73 Å². The third-order valence-corrected chi connectivity index (χ3v) is 4.15. The average molecular weight is 196 g/mol. The molecule has 2 fully saturated rings. The third kappa shape index (κ3) is 1.54. The Morgan fingerprint density at radius 1 is 1.43 bits per heavy atom. The molecule has 2 aliphatic rings. The van der Waals surface area contributed by atoms with Gasteiger partial charge in [-0.15, -0.1) is 0 Å². The van der Waals surface area contributed by atoms with Gasteiger partial charge in [0.2, 0.25) is 5.91 Å². The van der Waals surface area contributed by atoms with E-state index >= 15 is 0 Å². The summed E-state index contributed by atoms with van der Waals surface area (Å²) in [5.74, 6) is -0.231. The number of carbonyl (C=O) groups is 1. The predicted molar refractivity (Wildman–Crippen MR) is 55.7 cm³/mol. The molecule has 0 aromatic carbocycles. The number of carbonyl (C=O) groups excluding carboxylic acids is 1. The van der Waals surface area contributed by atoms with Gasteiger partial charge in [-0.1, -0.05) is 12.8 Å². The lowest BCUT2D eigenvalue weighted by atomic mass is 9.63. The van der Waals surface area contributed by atoms with Gasteiger partial charge in [0.1, 0.15) is 0 Å². The summed E-state index contributed by atoms with van der Waals surface area (Å²) in [6, 6.07) is 0.380. The number of nitrogens with one attached hydrogen (secondary N) is 1. The summed E-state index contributed by atoms with van der Waals surface area (Å²) in [6.45, 7) is 1.86. The predicted octanol–water partition coefficient (Wildman–Crippen LogP) is 1.17. The molecule has 3 heteroatoms. The molecule has 0 heterocycles. The van der Waals surface area contributed by atoms with Gasteiger partial charge in [0.15, 0.2) is 0 Å². The quantitative estimate of drug-likeness (QED) is 0.712. The summed E-state index contributed by atoms with van der Waals surface area (Å²) in [6.07, 6.45) is 7.98. The van der Waals surface area contributed by atoms with E-state index < -0.39 is 0 Å². The summed E-state index contributed by atoms with van der Waals surface area (Å²) >= 11 is 0. The molecule has 2 saturated carbocycles. The molecular formula is C11H20N2O. The summed E-state index contributed by atoms with van der Waals surface area (Å²) in [5.41, 5.74) is 5.78. The molecule has 3 nitrogen and oxygen atoms in total. The van der Waals surface area contributed by atoms with Crippen molar-refractivity contribution >= 4 is 5.91 Å². The number of hydrogen-bond acceptors (Lipinski definition) is 2. The van der Waals surface area contributed by atoms with Crippen LogP contribution < -0.4 is 11.1 Å². The Balaban J connectivity index is 1.90. The maximum Gasteiger partial charge on any atom is 0.234 e. The van der Waals surface area contributed by atoms with Gasteiger partial charge in [-0.3, -0.25) is 4.79 Å². The van der Waals surface area contributed by atoms with Gasteiger partial charge in [-0.25, -0.2) is 0 Å². The van der Waals surface area contributed by atoms with Crippen LogP contribution in [-0.4, -0.2) is 18.0 Å². The van der Waals surface area contributed by atoms with E-state index in [9.17, 15) is 4.79 Å². The first-order valence-corrected chi connectivity index (χ1v) is 5.69. The Morgan fingerprint density at radius 3 is 2.50 bits per heavy atom. The van der Waals surface area contributed by atoms with E-state index in [-0.39, 0.29) is 11.9 Å². The molecule has 0 radical (unpaired) electrons. The number of rotatable bonds is 3. The van der Waals surface area contributed by atoms with Crippen LogP contribution in [0.2, 0.25) is 0 Å². The lowest BCUT2D eigenvalue weighted by molar-refractivity contribution is -0.120. The van der Waals surface area contributed by atoms with Crippen molar-refractivity contribution in [2.75, 3.05) is 0 Å². The van der Waals surface area contributed by atoms with Crippen LogP contribution in [0.3, 0.4) is 0 Å². The molecule has 2 aliphatic carbocycles. The van der Waals surface area contributed by atoms with Crippen LogP contribution in [0, 0.1) is 5.41 Å². The van der Waals surface area contributed by atoms with Crippen LogP contribution >= 0.6 is 0 Å². The first-order valence-electron chi connectivity index (χ1n) is 5.69. The van der Waals surface area contributed by atoms with Crippen molar-refractivity contribution in [3.63, 3.8) is 0 Å². The second-order valence-corrected chi connectivity index (χ2v) is 4.95. The smallest absolute Gasteiger partial charge is 0.234 e. The first kappa shape index (κ1) is 9.97. The van der Waals surface area contributed by atoms with Crippen molar-refractivity contribution in [1.82, 2.24) is 5.32 Å². The molecule has 0 aromatic heterocycles. The Bertz CT molecular complexity index is 233. The third-order valence-electron chi connectivity index (χ3n) is 4.15. The van der Waals surface area contributed by atoms with E-state index in [0.29, 0.717) is 11.5 Å². The van der Waals surface area contributed by atoms with Gasteiger partial charge in [0, 0.05) is 6.04 Å². The maximum atomic E-state index is 10.9. The molecule has 2 atom stereocenters. The summed E-state index contributed by atoms with van der Waals surface area (Å²) in [7, 11) is 0. The van der Waals surface area contributed by atoms with Crippen molar-refractivity contribution in [3.8, 4) is 0 Å². The molecule has 0 aliphatic heterocycles. The monoisotopic (exact) mass is 196 g/mol. The minimum atomic E-state index is -0.231. The van der Waals surface area contributed by atoms with Gasteiger partial charge >= 0.3 is 0 Å². The highest BCUT2D eigenvalue weighted by Crippen LogP contribution is 2.53. The summed E-state index contributed by atoms with van der Waals surface area (Å²) < 4.78 is 0. The van der Waals surface area contributed by atoms with Gasteiger partial charge in [0.25, 0.3) is 0 Å². The van der Waals surface area contributed by atoms with E-state index in [1.807, 2.05) is 6.92 Å². The Morgan fingerprint density at radius 2 is 2.07 bits per heavy atom. The highest BCUT2D eigenvalue weighted by Gasteiger charge is 2.48. The number of primary amides is 1. The van der Waals surface area contributed by atoms with Crippen molar-refractivity contribution in [2.24, 2.45) is 11.1 Å². The van der Waals surface area contributed by atoms with Crippen LogP contribution in [-0.2, 0) is 4.79 Å².